The van der Waals surface area contributed by atoms with Crippen LogP contribution in [0, 0.1) is 0 Å². The van der Waals surface area contributed by atoms with Gasteiger partial charge >= 0.3 is 0 Å². The van der Waals surface area contributed by atoms with Gasteiger partial charge in [0.25, 0.3) is 5.91 Å². The lowest BCUT2D eigenvalue weighted by molar-refractivity contribution is -0.123. The average Bonchev–Trinajstić information content (AvgIpc) is 2.54. The van der Waals surface area contributed by atoms with Crippen LogP contribution in [-0.4, -0.2) is 48.8 Å². The van der Waals surface area contributed by atoms with E-state index in [0.717, 1.165) is 0 Å². The van der Waals surface area contributed by atoms with Crippen LogP contribution in [0.3, 0.4) is 0 Å². The molecule has 0 saturated heterocycles. The molecule has 1 aromatic rings. The van der Waals surface area contributed by atoms with E-state index in [9.17, 15) is 14.4 Å². The second kappa shape index (κ2) is 10.6. The summed E-state index contributed by atoms with van der Waals surface area (Å²) in [6, 6.07) is 6.63. The molecule has 0 atom stereocenters. The van der Waals surface area contributed by atoms with E-state index in [1.54, 1.807) is 29.2 Å². The number of anilines is 1. The molecule has 0 unspecified atom stereocenters. The Morgan fingerprint density at radius 2 is 1.61 bits per heavy atom. The molecule has 0 saturated carbocycles. The van der Waals surface area contributed by atoms with E-state index in [4.69, 9.17) is 5.73 Å². The fraction of sp³-hybridized carbons (Fsp3) is 0.400. The van der Waals surface area contributed by atoms with Crippen molar-refractivity contribution in [1.29, 1.82) is 0 Å². The van der Waals surface area contributed by atoms with Crippen LogP contribution in [0.5, 0.6) is 0 Å². The van der Waals surface area contributed by atoms with Crippen LogP contribution in [0.25, 0.3) is 0 Å². The van der Waals surface area contributed by atoms with Crippen LogP contribution < -0.4 is 16.4 Å². The molecule has 0 bridgehead atoms. The number of benzene rings is 1. The first-order valence-corrected chi connectivity index (χ1v) is 7.17. The first kappa shape index (κ1) is 20.9. The van der Waals surface area contributed by atoms with E-state index < -0.39 is 5.91 Å². The van der Waals surface area contributed by atoms with E-state index in [2.05, 4.69) is 10.6 Å². The highest BCUT2D eigenvalue weighted by molar-refractivity contribution is 5.97. The molecule has 3 amide bonds. The van der Waals surface area contributed by atoms with Gasteiger partial charge in [0.1, 0.15) is 0 Å². The van der Waals surface area contributed by atoms with Gasteiger partial charge in [-0.2, -0.15) is 0 Å². The third-order valence-corrected chi connectivity index (χ3v) is 3.10. The number of hydrogen-bond donors (Lipinski definition) is 3. The van der Waals surface area contributed by atoms with Gasteiger partial charge < -0.3 is 21.3 Å². The molecule has 128 valence electrons. The number of nitrogens with one attached hydrogen (secondary N) is 2. The van der Waals surface area contributed by atoms with Crippen molar-refractivity contribution in [2.75, 3.05) is 31.5 Å². The van der Waals surface area contributed by atoms with Gasteiger partial charge in [0.2, 0.25) is 11.8 Å². The molecule has 1 rings (SSSR count). The Kier molecular flexibility index (Phi) is 9.60. The van der Waals surface area contributed by atoms with Crippen molar-refractivity contribution < 1.29 is 14.4 Å². The average molecular weight is 343 g/mol. The zero-order valence-electron chi connectivity index (χ0n) is 13.3. The minimum absolute atomic E-state index is 0. The topological polar surface area (TPSA) is 105 Å². The Morgan fingerprint density at radius 3 is 2.09 bits per heavy atom. The summed E-state index contributed by atoms with van der Waals surface area (Å²) in [6.45, 7) is 4.84. The van der Waals surface area contributed by atoms with Gasteiger partial charge in [0.15, 0.2) is 0 Å². The third kappa shape index (κ3) is 6.66. The number of carbonyl (C=O) groups excluding carboxylic acids is 3. The van der Waals surface area contributed by atoms with E-state index in [0.29, 0.717) is 24.3 Å². The normalized spacial score (nSPS) is 9.52. The van der Waals surface area contributed by atoms with Gasteiger partial charge in [-0.3, -0.25) is 14.4 Å². The van der Waals surface area contributed by atoms with E-state index >= 15 is 0 Å². The lowest BCUT2D eigenvalue weighted by Crippen LogP contribution is -2.36. The van der Waals surface area contributed by atoms with Gasteiger partial charge in [-0.15, -0.1) is 12.4 Å². The first-order chi connectivity index (χ1) is 10.5. The van der Waals surface area contributed by atoms with Gasteiger partial charge in [0.05, 0.1) is 13.1 Å². The maximum absolute atomic E-state index is 12.1. The SMILES string of the molecule is CCN(CC)C(=O)c1ccc(NC(=O)CNC(=O)CN)cc1.Cl. The van der Waals surface area contributed by atoms with Crippen LogP contribution in [0.1, 0.15) is 24.2 Å². The molecule has 23 heavy (non-hydrogen) atoms. The molecular formula is C15H23ClN4O3. The maximum Gasteiger partial charge on any atom is 0.253 e. The highest BCUT2D eigenvalue weighted by atomic mass is 35.5. The largest absolute Gasteiger partial charge is 0.346 e. The van der Waals surface area contributed by atoms with Crippen molar-refractivity contribution >= 4 is 35.8 Å². The summed E-state index contributed by atoms with van der Waals surface area (Å²) in [5, 5.41) is 5.00. The van der Waals surface area contributed by atoms with Crippen LogP contribution in [0.15, 0.2) is 24.3 Å². The molecule has 0 aromatic heterocycles. The number of carbonyl (C=O) groups is 3. The minimum atomic E-state index is -0.393. The van der Waals surface area contributed by atoms with Crippen molar-refractivity contribution in [2.24, 2.45) is 5.73 Å². The molecule has 0 spiro atoms. The molecule has 0 aliphatic carbocycles. The molecule has 0 aliphatic heterocycles. The third-order valence-electron chi connectivity index (χ3n) is 3.10. The lowest BCUT2D eigenvalue weighted by atomic mass is 10.1. The summed E-state index contributed by atoms with van der Waals surface area (Å²) in [7, 11) is 0. The van der Waals surface area contributed by atoms with Gasteiger partial charge in [-0.05, 0) is 38.1 Å². The minimum Gasteiger partial charge on any atom is -0.346 e. The van der Waals surface area contributed by atoms with Gasteiger partial charge in [-0.1, -0.05) is 0 Å². The van der Waals surface area contributed by atoms with Crippen molar-refractivity contribution in [2.45, 2.75) is 13.8 Å². The molecule has 0 fully saturated rings. The zero-order chi connectivity index (χ0) is 16.5. The van der Waals surface area contributed by atoms with Crippen LogP contribution in [-0.2, 0) is 9.59 Å². The van der Waals surface area contributed by atoms with Crippen molar-refractivity contribution in [1.82, 2.24) is 10.2 Å². The predicted molar refractivity (Wildman–Crippen MR) is 91.6 cm³/mol. The molecule has 0 radical (unpaired) electrons. The number of nitrogens with two attached hydrogens (primary N) is 1. The van der Waals surface area contributed by atoms with Crippen LogP contribution >= 0.6 is 12.4 Å². The van der Waals surface area contributed by atoms with Crippen LogP contribution in [0.2, 0.25) is 0 Å². The summed E-state index contributed by atoms with van der Waals surface area (Å²) in [4.78, 5) is 36.4. The summed E-state index contributed by atoms with van der Waals surface area (Å²) in [6.07, 6.45) is 0. The zero-order valence-corrected chi connectivity index (χ0v) is 14.1. The molecule has 8 heteroatoms. The summed E-state index contributed by atoms with van der Waals surface area (Å²) in [5.41, 5.74) is 6.25. The number of halogens is 1. The van der Waals surface area contributed by atoms with E-state index in [1.165, 1.54) is 0 Å². The monoisotopic (exact) mass is 342 g/mol. The Morgan fingerprint density at radius 1 is 1.04 bits per heavy atom. The number of rotatable bonds is 7. The molecular weight excluding hydrogens is 320 g/mol. The molecule has 0 heterocycles. The van der Waals surface area contributed by atoms with E-state index in [1.807, 2.05) is 13.8 Å². The standard InChI is InChI=1S/C15H22N4O3.ClH/c1-3-19(4-2)15(22)11-5-7-12(8-6-11)18-14(21)10-17-13(20)9-16;/h5-8H,3-4,9-10,16H2,1-2H3,(H,17,20)(H,18,21);1H. The van der Waals surface area contributed by atoms with Gasteiger partial charge in [-0.25, -0.2) is 0 Å². The second-order valence-corrected chi connectivity index (χ2v) is 4.58. The van der Waals surface area contributed by atoms with E-state index in [-0.39, 0.29) is 37.3 Å². The predicted octanol–water partition coefficient (Wildman–Crippen LogP) is 0.604. The smallest absolute Gasteiger partial charge is 0.253 e. The molecule has 4 N–H and O–H groups in total. The Balaban J connectivity index is 0.00000484. The fourth-order valence-corrected chi connectivity index (χ4v) is 1.85. The van der Waals surface area contributed by atoms with Crippen molar-refractivity contribution in [3.63, 3.8) is 0 Å². The summed E-state index contributed by atoms with van der Waals surface area (Å²) < 4.78 is 0. The number of nitrogens with zero attached hydrogens (tertiary/aromatic N) is 1. The second-order valence-electron chi connectivity index (χ2n) is 4.58. The van der Waals surface area contributed by atoms with Gasteiger partial charge in [0, 0.05) is 24.3 Å². The molecule has 1 aromatic carbocycles. The van der Waals surface area contributed by atoms with Crippen molar-refractivity contribution in [3.8, 4) is 0 Å². The highest BCUT2D eigenvalue weighted by Gasteiger charge is 2.12. The fourth-order valence-electron chi connectivity index (χ4n) is 1.85. The molecule has 0 aliphatic rings. The highest BCUT2D eigenvalue weighted by Crippen LogP contribution is 2.11. The van der Waals surface area contributed by atoms with Crippen molar-refractivity contribution in [3.05, 3.63) is 29.8 Å². The Bertz CT molecular complexity index is 530. The Labute approximate surface area is 142 Å². The maximum atomic E-state index is 12.1. The quantitative estimate of drug-likeness (QED) is 0.675. The number of amides is 3. The number of hydrogen-bond acceptors (Lipinski definition) is 4. The lowest BCUT2D eigenvalue weighted by Gasteiger charge is -2.18. The van der Waals surface area contributed by atoms with Crippen LogP contribution in [0.4, 0.5) is 5.69 Å². The first-order valence-electron chi connectivity index (χ1n) is 7.17. The Hall–Kier alpha value is -2.12. The summed E-state index contributed by atoms with van der Waals surface area (Å²) in [5.74, 6) is -0.793. The molecule has 7 nitrogen and oxygen atoms in total. The summed E-state index contributed by atoms with van der Waals surface area (Å²) >= 11 is 0.